The van der Waals surface area contributed by atoms with E-state index in [4.69, 9.17) is 5.73 Å². The van der Waals surface area contributed by atoms with Crippen molar-refractivity contribution in [1.82, 2.24) is 4.90 Å². The number of imide groups is 1. The predicted octanol–water partition coefficient (Wildman–Crippen LogP) is 3.32. The Morgan fingerprint density at radius 3 is 2.33 bits per heavy atom. The SMILES string of the molecule is Cc1c(F)cc(C(N)=O)cc1NC(=O)c1ccc2c(c1)C(=O)N(CCc1ccccc1)C2=O. The van der Waals surface area contributed by atoms with Crippen LogP contribution >= 0.6 is 0 Å². The zero-order valence-corrected chi connectivity index (χ0v) is 17.7. The van der Waals surface area contributed by atoms with E-state index < -0.39 is 29.4 Å². The highest BCUT2D eigenvalue weighted by Gasteiger charge is 2.35. The van der Waals surface area contributed by atoms with Crippen LogP contribution in [0.3, 0.4) is 0 Å². The number of primary amides is 1. The molecule has 33 heavy (non-hydrogen) atoms. The molecule has 0 saturated carbocycles. The summed E-state index contributed by atoms with van der Waals surface area (Å²) in [6, 6.07) is 16.0. The van der Waals surface area contributed by atoms with E-state index >= 15 is 0 Å². The molecule has 3 aromatic carbocycles. The van der Waals surface area contributed by atoms with Crippen molar-refractivity contribution in [2.75, 3.05) is 11.9 Å². The minimum Gasteiger partial charge on any atom is -0.366 e. The van der Waals surface area contributed by atoms with Gasteiger partial charge in [-0.05, 0) is 49.2 Å². The number of benzene rings is 3. The zero-order valence-electron chi connectivity index (χ0n) is 17.7. The van der Waals surface area contributed by atoms with Crippen molar-refractivity contribution in [1.29, 1.82) is 0 Å². The molecule has 4 amide bonds. The third kappa shape index (κ3) is 4.23. The lowest BCUT2D eigenvalue weighted by atomic mass is 10.0. The Bertz CT molecular complexity index is 1300. The van der Waals surface area contributed by atoms with E-state index in [2.05, 4.69) is 5.32 Å². The largest absolute Gasteiger partial charge is 0.366 e. The van der Waals surface area contributed by atoms with Gasteiger partial charge in [-0.25, -0.2) is 4.39 Å². The first-order valence-electron chi connectivity index (χ1n) is 10.2. The highest BCUT2D eigenvalue weighted by molar-refractivity contribution is 6.22. The van der Waals surface area contributed by atoms with E-state index in [1.807, 2.05) is 30.3 Å². The smallest absolute Gasteiger partial charge is 0.261 e. The molecule has 0 atom stereocenters. The molecule has 166 valence electrons. The minimum absolute atomic E-state index is 0.0844. The van der Waals surface area contributed by atoms with Gasteiger partial charge < -0.3 is 11.1 Å². The van der Waals surface area contributed by atoms with Crippen LogP contribution in [0.4, 0.5) is 10.1 Å². The van der Waals surface area contributed by atoms with Gasteiger partial charge in [0.15, 0.2) is 0 Å². The van der Waals surface area contributed by atoms with Gasteiger partial charge in [0, 0.05) is 28.9 Å². The van der Waals surface area contributed by atoms with Crippen molar-refractivity contribution in [2.24, 2.45) is 5.73 Å². The number of nitrogens with two attached hydrogens (primary N) is 1. The second-order valence-corrected chi connectivity index (χ2v) is 7.71. The Balaban J connectivity index is 1.54. The van der Waals surface area contributed by atoms with Crippen molar-refractivity contribution in [3.05, 3.63) is 99.9 Å². The number of carbonyl (C=O) groups excluding carboxylic acids is 4. The van der Waals surface area contributed by atoms with Gasteiger partial charge in [0.25, 0.3) is 17.7 Å². The summed E-state index contributed by atoms with van der Waals surface area (Å²) in [4.78, 5) is 50.9. The normalized spacial score (nSPS) is 12.6. The first-order valence-corrected chi connectivity index (χ1v) is 10.2. The standard InChI is InChI=1S/C25H20FN3O4/c1-14-20(26)12-17(22(27)30)13-21(14)28-23(31)16-7-8-18-19(11-16)25(33)29(24(18)32)10-9-15-5-3-2-4-6-15/h2-8,11-13H,9-10H2,1H3,(H2,27,30)(H,28,31). The first kappa shape index (κ1) is 21.9. The molecule has 0 spiro atoms. The maximum Gasteiger partial charge on any atom is 0.261 e. The van der Waals surface area contributed by atoms with E-state index in [0.29, 0.717) is 6.42 Å². The topological polar surface area (TPSA) is 110 Å². The van der Waals surface area contributed by atoms with E-state index in [9.17, 15) is 23.6 Å². The van der Waals surface area contributed by atoms with E-state index in [1.165, 1.54) is 31.2 Å². The van der Waals surface area contributed by atoms with Gasteiger partial charge in [-0.3, -0.25) is 24.1 Å². The summed E-state index contributed by atoms with van der Waals surface area (Å²) < 4.78 is 14.1. The molecule has 0 bridgehead atoms. The molecule has 0 saturated heterocycles. The van der Waals surface area contributed by atoms with Crippen LogP contribution in [-0.2, 0) is 6.42 Å². The highest BCUT2D eigenvalue weighted by atomic mass is 19.1. The number of carbonyl (C=O) groups is 4. The molecule has 1 aliphatic heterocycles. The van der Waals surface area contributed by atoms with Crippen LogP contribution in [-0.4, -0.2) is 35.1 Å². The number of nitrogens with one attached hydrogen (secondary N) is 1. The highest BCUT2D eigenvalue weighted by Crippen LogP contribution is 2.26. The summed E-state index contributed by atoms with van der Waals surface area (Å²) in [5.41, 5.74) is 6.82. The number of hydrogen-bond donors (Lipinski definition) is 2. The number of fused-ring (bicyclic) bond motifs is 1. The fourth-order valence-corrected chi connectivity index (χ4v) is 3.67. The van der Waals surface area contributed by atoms with Crippen LogP contribution in [0.15, 0.2) is 60.7 Å². The van der Waals surface area contributed by atoms with Crippen molar-refractivity contribution in [2.45, 2.75) is 13.3 Å². The quantitative estimate of drug-likeness (QED) is 0.567. The van der Waals surface area contributed by atoms with Gasteiger partial charge in [0.1, 0.15) is 5.82 Å². The summed E-state index contributed by atoms with van der Waals surface area (Å²) >= 11 is 0. The Kier molecular flexibility index (Phi) is 5.74. The molecule has 3 N–H and O–H groups in total. The fraction of sp³-hybridized carbons (Fsp3) is 0.120. The van der Waals surface area contributed by atoms with Gasteiger partial charge in [0.2, 0.25) is 5.91 Å². The summed E-state index contributed by atoms with van der Waals surface area (Å²) in [5.74, 6) is -3.03. The van der Waals surface area contributed by atoms with Crippen molar-refractivity contribution >= 4 is 29.3 Å². The van der Waals surface area contributed by atoms with Crippen LogP contribution in [0.25, 0.3) is 0 Å². The third-order valence-corrected chi connectivity index (χ3v) is 5.58. The molecule has 7 nitrogen and oxygen atoms in total. The number of rotatable bonds is 6. The van der Waals surface area contributed by atoms with E-state index in [1.54, 1.807) is 0 Å². The molecule has 0 aromatic heterocycles. The van der Waals surface area contributed by atoms with Crippen LogP contribution < -0.4 is 11.1 Å². The second kappa shape index (κ2) is 8.66. The number of anilines is 1. The zero-order chi connectivity index (χ0) is 23.7. The number of amides is 4. The Morgan fingerprint density at radius 2 is 1.64 bits per heavy atom. The molecule has 8 heteroatoms. The van der Waals surface area contributed by atoms with Gasteiger partial charge in [0.05, 0.1) is 11.1 Å². The van der Waals surface area contributed by atoms with Crippen LogP contribution in [0.1, 0.15) is 52.6 Å². The second-order valence-electron chi connectivity index (χ2n) is 7.71. The third-order valence-electron chi connectivity index (χ3n) is 5.58. The van der Waals surface area contributed by atoms with Crippen molar-refractivity contribution in [3.63, 3.8) is 0 Å². The first-order chi connectivity index (χ1) is 15.8. The molecular formula is C25H20FN3O4. The average Bonchev–Trinajstić information content (AvgIpc) is 3.04. The van der Waals surface area contributed by atoms with Crippen LogP contribution in [0.5, 0.6) is 0 Å². The van der Waals surface area contributed by atoms with Gasteiger partial charge in [-0.15, -0.1) is 0 Å². The minimum atomic E-state index is -0.832. The summed E-state index contributed by atoms with van der Waals surface area (Å²) in [6.45, 7) is 1.67. The van der Waals surface area contributed by atoms with Crippen LogP contribution in [0, 0.1) is 12.7 Å². The molecule has 1 aliphatic rings. The van der Waals surface area contributed by atoms with Crippen molar-refractivity contribution < 1.29 is 23.6 Å². The van der Waals surface area contributed by atoms with Gasteiger partial charge >= 0.3 is 0 Å². The van der Waals surface area contributed by atoms with Crippen molar-refractivity contribution in [3.8, 4) is 0 Å². The Hall–Kier alpha value is -4.33. The number of nitrogens with zero attached hydrogens (tertiary/aromatic N) is 1. The predicted molar refractivity (Wildman–Crippen MR) is 120 cm³/mol. The van der Waals surface area contributed by atoms with E-state index in [0.717, 1.165) is 16.5 Å². The number of hydrogen-bond acceptors (Lipinski definition) is 4. The molecule has 1 heterocycles. The lowest BCUT2D eigenvalue weighted by Crippen LogP contribution is -2.31. The molecule has 4 rings (SSSR count). The molecule has 3 aromatic rings. The molecule has 0 fully saturated rings. The number of halogens is 1. The lowest BCUT2D eigenvalue weighted by Gasteiger charge is -2.13. The fourth-order valence-electron chi connectivity index (χ4n) is 3.67. The van der Waals surface area contributed by atoms with Crippen LogP contribution in [0.2, 0.25) is 0 Å². The molecular weight excluding hydrogens is 425 g/mol. The Morgan fingerprint density at radius 1 is 0.939 bits per heavy atom. The van der Waals surface area contributed by atoms with Gasteiger partial charge in [-0.2, -0.15) is 0 Å². The lowest BCUT2D eigenvalue weighted by molar-refractivity contribution is 0.0655. The molecule has 0 unspecified atom stereocenters. The summed E-state index contributed by atoms with van der Waals surface area (Å²) in [6.07, 6.45) is 0.515. The molecule has 0 aliphatic carbocycles. The maximum absolute atomic E-state index is 14.1. The summed E-state index contributed by atoms with van der Waals surface area (Å²) in [5, 5.41) is 2.54. The van der Waals surface area contributed by atoms with Gasteiger partial charge in [-0.1, -0.05) is 30.3 Å². The monoisotopic (exact) mass is 445 g/mol. The maximum atomic E-state index is 14.1. The average molecular weight is 445 g/mol. The molecule has 0 radical (unpaired) electrons. The Labute approximate surface area is 189 Å². The van der Waals surface area contributed by atoms with E-state index in [-0.39, 0.29) is 40.0 Å². The summed E-state index contributed by atoms with van der Waals surface area (Å²) in [7, 11) is 0.